The van der Waals surface area contributed by atoms with Crippen molar-refractivity contribution in [2.45, 2.75) is 33.2 Å². The Morgan fingerprint density at radius 2 is 1.94 bits per heavy atom. The lowest BCUT2D eigenvalue weighted by molar-refractivity contribution is 0.241. The quantitative estimate of drug-likeness (QED) is 0.441. The van der Waals surface area contributed by atoms with Gasteiger partial charge < -0.3 is 15.5 Å². The molecule has 1 saturated carbocycles. The number of aliphatic imine (C=N–C) groups is 1. The van der Waals surface area contributed by atoms with Crippen LogP contribution in [0.4, 0.5) is 0 Å². The van der Waals surface area contributed by atoms with Gasteiger partial charge in [-0.25, -0.2) is 0 Å². The number of nitrogens with zero attached hydrogens (tertiary/aromatic N) is 2. The number of rotatable bonds is 5. The Labute approximate surface area is 129 Å². The monoisotopic (exact) mass is 368 g/mol. The molecule has 108 valence electrons. The van der Waals surface area contributed by atoms with Crippen molar-refractivity contribution >= 4 is 29.9 Å². The van der Waals surface area contributed by atoms with Crippen molar-refractivity contribution in [3.05, 3.63) is 0 Å². The van der Waals surface area contributed by atoms with Gasteiger partial charge in [-0.05, 0) is 31.8 Å². The Bertz CT molecular complexity index is 276. The van der Waals surface area contributed by atoms with Gasteiger partial charge in [-0.2, -0.15) is 0 Å². The molecule has 0 aromatic rings. The number of hydrogen-bond donors (Lipinski definition) is 2. The number of halogens is 1. The van der Waals surface area contributed by atoms with Gasteiger partial charge in [0.2, 0.25) is 0 Å². The van der Waals surface area contributed by atoms with E-state index in [4.69, 9.17) is 0 Å². The summed E-state index contributed by atoms with van der Waals surface area (Å²) in [6.07, 6.45) is 1.27. The van der Waals surface area contributed by atoms with Crippen molar-refractivity contribution < 1.29 is 0 Å². The van der Waals surface area contributed by atoms with Crippen LogP contribution in [0.1, 0.15) is 27.2 Å². The lowest BCUT2D eigenvalue weighted by Gasteiger charge is -2.29. The maximum absolute atomic E-state index is 4.27. The second-order valence-corrected chi connectivity index (χ2v) is 6.29. The minimum atomic E-state index is 0. The third-order valence-electron chi connectivity index (χ3n) is 3.13. The fourth-order valence-electron chi connectivity index (χ4n) is 2.13. The zero-order valence-corrected chi connectivity index (χ0v) is 14.9. The molecule has 0 heterocycles. The molecule has 0 amide bonds. The molecule has 2 unspecified atom stereocenters. The van der Waals surface area contributed by atoms with Crippen molar-refractivity contribution in [2.75, 3.05) is 34.2 Å². The van der Waals surface area contributed by atoms with E-state index in [1.54, 1.807) is 0 Å². The fourth-order valence-corrected chi connectivity index (χ4v) is 2.13. The Kier molecular flexibility index (Phi) is 7.51. The first-order valence-electron chi connectivity index (χ1n) is 6.46. The molecule has 4 nitrogen and oxygen atoms in total. The van der Waals surface area contributed by atoms with Crippen molar-refractivity contribution in [1.29, 1.82) is 0 Å². The summed E-state index contributed by atoms with van der Waals surface area (Å²) in [6.45, 7) is 8.81. The van der Waals surface area contributed by atoms with E-state index in [1.807, 2.05) is 7.05 Å². The molecule has 0 radical (unpaired) electrons. The van der Waals surface area contributed by atoms with Crippen LogP contribution in [-0.2, 0) is 0 Å². The van der Waals surface area contributed by atoms with Crippen molar-refractivity contribution in [3.63, 3.8) is 0 Å². The fraction of sp³-hybridized carbons (Fsp3) is 0.923. The summed E-state index contributed by atoms with van der Waals surface area (Å²) in [7, 11) is 6.06. The summed E-state index contributed by atoms with van der Waals surface area (Å²) in [4.78, 5) is 6.49. The molecule has 1 rings (SSSR count). The normalized spacial score (nSPS) is 23.6. The smallest absolute Gasteiger partial charge is 0.191 e. The number of hydrogen-bond acceptors (Lipinski definition) is 2. The Hall–Kier alpha value is -0.0400. The van der Waals surface area contributed by atoms with Gasteiger partial charge in [0.25, 0.3) is 0 Å². The van der Waals surface area contributed by atoms with Crippen LogP contribution in [0, 0.1) is 11.3 Å². The Balaban J connectivity index is 0.00000289. The van der Waals surface area contributed by atoms with E-state index in [1.165, 1.54) is 6.42 Å². The number of guanidine groups is 1. The van der Waals surface area contributed by atoms with Gasteiger partial charge in [0.1, 0.15) is 0 Å². The highest BCUT2D eigenvalue weighted by Crippen LogP contribution is 2.28. The minimum Gasteiger partial charge on any atom is -0.356 e. The summed E-state index contributed by atoms with van der Waals surface area (Å²) in [5.41, 5.74) is 0.246. The van der Waals surface area contributed by atoms with Gasteiger partial charge in [0.15, 0.2) is 5.96 Å². The molecular weight excluding hydrogens is 339 g/mol. The van der Waals surface area contributed by atoms with Crippen molar-refractivity contribution in [3.8, 4) is 0 Å². The van der Waals surface area contributed by atoms with Gasteiger partial charge in [-0.3, -0.25) is 4.99 Å². The molecule has 0 saturated heterocycles. The largest absolute Gasteiger partial charge is 0.356 e. The molecule has 0 aromatic heterocycles. The number of nitrogens with one attached hydrogen (secondary N) is 2. The van der Waals surface area contributed by atoms with E-state index in [9.17, 15) is 0 Å². The van der Waals surface area contributed by atoms with Crippen LogP contribution in [0.25, 0.3) is 0 Å². The van der Waals surface area contributed by atoms with Crippen LogP contribution >= 0.6 is 24.0 Å². The average molecular weight is 368 g/mol. The van der Waals surface area contributed by atoms with Crippen LogP contribution in [0.15, 0.2) is 4.99 Å². The summed E-state index contributed by atoms with van der Waals surface area (Å²) in [5.74, 6) is 1.73. The first-order chi connectivity index (χ1) is 7.84. The molecule has 0 aliphatic heterocycles. The van der Waals surface area contributed by atoms with Gasteiger partial charge in [-0.1, -0.05) is 20.8 Å². The van der Waals surface area contributed by atoms with Crippen LogP contribution in [-0.4, -0.2) is 51.1 Å². The molecule has 1 fully saturated rings. The summed E-state index contributed by atoms with van der Waals surface area (Å²) in [5, 5.41) is 6.86. The predicted octanol–water partition coefficient (Wildman–Crippen LogP) is 1.77. The summed E-state index contributed by atoms with van der Waals surface area (Å²) in [6, 6.07) is 0.623. The molecule has 5 heteroatoms. The van der Waals surface area contributed by atoms with Crippen molar-refractivity contribution in [1.82, 2.24) is 15.5 Å². The lowest BCUT2D eigenvalue weighted by Crippen LogP contribution is -2.45. The molecule has 0 spiro atoms. The highest BCUT2D eigenvalue weighted by molar-refractivity contribution is 14.0. The molecule has 0 bridgehead atoms. The maximum Gasteiger partial charge on any atom is 0.191 e. The molecule has 1 aliphatic carbocycles. The Morgan fingerprint density at radius 1 is 1.39 bits per heavy atom. The second kappa shape index (κ2) is 7.53. The van der Waals surface area contributed by atoms with E-state index in [0.29, 0.717) is 6.04 Å². The third kappa shape index (κ3) is 6.78. The zero-order chi connectivity index (χ0) is 13.1. The van der Waals surface area contributed by atoms with Crippen LogP contribution in [0.5, 0.6) is 0 Å². The van der Waals surface area contributed by atoms with E-state index >= 15 is 0 Å². The second-order valence-electron chi connectivity index (χ2n) is 6.29. The van der Waals surface area contributed by atoms with Crippen LogP contribution in [0.3, 0.4) is 0 Å². The molecule has 0 aromatic carbocycles. The molecule has 2 N–H and O–H groups in total. The van der Waals surface area contributed by atoms with Crippen LogP contribution in [0.2, 0.25) is 0 Å². The molecule has 18 heavy (non-hydrogen) atoms. The standard InChI is InChI=1S/C13H28N4.HI/c1-10-7-11(10)16-12(14-4)15-8-13(2,3)9-17(5)6;/h10-11H,7-9H2,1-6H3,(H2,14,15,16);1H. The first-order valence-corrected chi connectivity index (χ1v) is 6.46. The zero-order valence-electron chi connectivity index (χ0n) is 12.6. The van der Waals surface area contributed by atoms with Gasteiger partial charge in [-0.15, -0.1) is 24.0 Å². The summed E-state index contributed by atoms with van der Waals surface area (Å²) < 4.78 is 0. The van der Waals surface area contributed by atoms with Gasteiger partial charge in [0.05, 0.1) is 0 Å². The highest BCUT2D eigenvalue weighted by atomic mass is 127. The van der Waals surface area contributed by atoms with Gasteiger partial charge in [0, 0.05) is 26.2 Å². The topological polar surface area (TPSA) is 39.7 Å². The Morgan fingerprint density at radius 3 is 2.33 bits per heavy atom. The summed E-state index contributed by atoms with van der Waals surface area (Å²) >= 11 is 0. The average Bonchev–Trinajstić information content (AvgIpc) is 2.87. The van der Waals surface area contributed by atoms with E-state index in [2.05, 4.69) is 55.4 Å². The van der Waals surface area contributed by atoms with Crippen molar-refractivity contribution in [2.24, 2.45) is 16.3 Å². The van der Waals surface area contributed by atoms with Gasteiger partial charge >= 0.3 is 0 Å². The van der Waals surface area contributed by atoms with E-state index in [0.717, 1.165) is 25.0 Å². The minimum absolute atomic E-state index is 0. The SMILES string of the molecule is CN=C(NCC(C)(C)CN(C)C)NC1CC1C.I. The molecule has 1 aliphatic rings. The first kappa shape index (κ1) is 18.0. The van der Waals surface area contributed by atoms with Crippen LogP contribution < -0.4 is 10.6 Å². The van der Waals surface area contributed by atoms with E-state index in [-0.39, 0.29) is 29.4 Å². The molecule has 2 atom stereocenters. The lowest BCUT2D eigenvalue weighted by atomic mass is 9.93. The third-order valence-corrected chi connectivity index (χ3v) is 3.13. The molecular formula is C13H29IN4. The van der Waals surface area contributed by atoms with E-state index < -0.39 is 0 Å². The predicted molar refractivity (Wildman–Crippen MR) is 89.8 cm³/mol. The maximum atomic E-state index is 4.27. The highest BCUT2D eigenvalue weighted by Gasteiger charge is 2.33.